The number of carbonyl (C=O) groups is 1. The second-order valence-corrected chi connectivity index (χ2v) is 6.15. The molecule has 2 aromatic carbocycles. The zero-order chi connectivity index (χ0) is 16.9. The van der Waals surface area contributed by atoms with E-state index in [2.05, 4.69) is 11.1 Å². The Morgan fingerprint density at radius 3 is 2.62 bits per heavy atom. The predicted octanol–water partition coefficient (Wildman–Crippen LogP) is 3.22. The minimum atomic E-state index is -0.111. The lowest BCUT2D eigenvalue weighted by molar-refractivity contribution is -0.116. The minimum absolute atomic E-state index is 0.0337. The standard InChI is InChI=1S/C18H16N4OS/c1-21-16-10-6-5-9-15(16)20-18(21)24-13-17(23)22(12-11-19)14-7-3-2-4-8-14/h2-10H,12-13H2,1H3. The molecule has 0 unspecified atom stereocenters. The van der Waals surface area contributed by atoms with Crippen molar-refractivity contribution in [2.24, 2.45) is 7.05 Å². The number of amides is 1. The van der Waals surface area contributed by atoms with Gasteiger partial charge in [0.15, 0.2) is 5.16 Å². The van der Waals surface area contributed by atoms with Crippen LogP contribution in [0.15, 0.2) is 59.8 Å². The van der Waals surface area contributed by atoms with Crippen LogP contribution in [0.2, 0.25) is 0 Å². The Labute approximate surface area is 144 Å². The van der Waals surface area contributed by atoms with E-state index in [1.165, 1.54) is 16.7 Å². The number of nitriles is 1. The third-order valence-corrected chi connectivity index (χ3v) is 4.68. The molecule has 0 saturated heterocycles. The summed E-state index contributed by atoms with van der Waals surface area (Å²) < 4.78 is 1.98. The lowest BCUT2D eigenvalue weighted by atomic mass is 10.3. The van der Waals surface area contributed by atoms with Gasteiger partial charge in [-0.25, -0.2) is 4.98 Å². The molecule has 24 heavy (non-hydrogen) atoms. The van der Waals surface area contributed by atoms with E-state index >= 15 is 0 Å². The zero-order valence-electron chi connectivity index (χ0n) is 13.2. The van der Waals surface area contributed by atoms with Crippen LogP contribution in [-0.2, 0) is 11.8 Å². The van der Waals surface area contributed by atoms with Gasteiger partial charge in [-0.3, -0.25) is 9.69 Å². The van der Waals surface area contributed by atoms with E-state index in [1.807, 2.05) is 66.2 Å². The number of hydrogen-bond donors (Lipinski definition) is 0. The number of aryl methyl sites for hydroxylation is 1. The van der Waals surface area contributed by atoms with E-state index in [0.717, 1.165) is 21.9 Å². The molecular formula is C18H16N4OS. The average Bonchev–Trinajstić information content (AvgIpc) is 2.95. The Morgan fingerprint density at radius 1 is 1.21 bits per heavy atom. The zero-order valence-corrected chi connectivity index (χ0v) is 14.0. The Kier molecular flexibility index (Phi) is 4.82. The summed E-state index contributed by atoms with van der Waals surface area (Å²) in [5.41, 5.74) is 2.67. The van der Waals surface area contributed by atoms with E-state index in [-0.39, 0.29) is 18.2 Å². The van der Waals surface area contributed by atoms with Crippen molar-refractivity contribution in [2.45, 2.75) is 5.16 Å². The van der Waals surface area contributed by atoms with Crippen molar-refractivity contribution in [1.82, 2.24) is 9.55 Å². The number of anilines is 1. The van der Waals surface area contributed by atoms with Gasteiger partial charge in [0, 0.05) is 12.7 Å². The molecule has 0 aliphatic carbocycles. The topological polar surface area (TPSA) is 61.9 Å². The number of carbonyl (C=O) groups excluding carboxylic acids is 1. The molecule has 5 nitrogen and oxygen atoms in total. The number of fused-ring (bicyclic) bond motifs is 1. The van der Waals surface area contributed by atoms with Gasteiger partial charge < -0.3 is 4.57 Å². The highest BCUT2D eigenvalue weighted by atomic mass is 32.2. The van der Waals surface area contributed by atoms with Crippen molar-refractivity contribution >= 4 is 34.4 Å². The van der Waals surface area contributed by atoms with Crippen molar-refractivity contribution in [3.8, 4) is 6.07 Å². The van der Waals surface area contributed by atoms with E-state index < -0.39 is 0 Å². The van der Waals surface area contributed by atoms with Crippen LogP contribution in [0.4, 0.5) is 5.69 Å². The predicted molar refractivity (Wildman–Crippen MR) is 95.8 cm³/mol. The first-order valence-corrected chi connectivity index (χ1v) is 8.46. The van der Waals surface area contributed by atoms with Crippen molar-refractivity contribution < 1.29 is 4.79 Å². The number of imidazole rings is 1. The molecule has 1 heterocycles. The fraction of sp³-hybridized carbons (Fsp3) is 0.167. The number of thioether (sulfide) groups is 1. The normalized spacial score (nSPS) is 10.5. The maximum atomic E-state index is 12.6. The quantitative estimate of drug-likeness (QED) is 0.530. The molecule has 1 amide bonds. The molecule has 0 spiro atoms. The highest BCUT2D eigenvalue weighted by molar-refractivity contribution is 7.99. The third-order valence-electron chi connectivity index (χ3n) is 3.67. The maximum Gasteiger partial charge on any atom is 0.238 e. The van der Waals surface area contributed by atoms with Gasteiger partial charge in [-0.15, -0.1) is 0 Å². The molecular weight excluding hydrogens is 320 g/mol. The summed E-state index contributed by atoms with van der Waals surface area (Å²) in [6.45, 7) is 0.0337. The minimum Gasteiger partial charge on any atom is -0.322 e. The van der Waals surface area contributed by atoms with Crippen LogP contribution in [0.25, 0.3) is 11.0 Å². The third kappa shape index (κ3) is 3.26. The van der Waals surface area contributed by atoms with Crippen LogP contribution in [0.5, 0.6) is 0 Å². The number of benzene rings is 2. The SMILES string of the molecule is Cn1c(SCC(=O)N(CC#N)c2ccccc2)nc2ccccc21. The molecule has 3 aromatic rings. The van der Waals surface area contributed by atoms with Crippen molar-refractivity contribution in [3.63, 3.8) is 0 Å². The molecule has 0 saturated carbocycles. The largest absolute Gasteiger partial charge is 0.322 e. The fourth-order valence-corrected chi connectivity index (χ4v) is 3.32. The first kappa shape index (κ1) is 16.1. The molecule has 0 bridgehead atoms. The molecule has 0 fully saturated rings. The number of aromatic nitrogens is 2. The molecule has 3 rings (SSSR count). The fourth-order valence-electron chi connectivity index (χ4n) is 2.46. The molecule has 0 aliphatic rings. The highest BCUT2D eigenvalue weighted by Crippen LogP contribution is 2.23. The molecule has 0 N–H and O–H groups in total. The first-order chi connectivity index (χ1) is 11.7. The number of para-hydroxylation sites is 3. The molecule has 0 atom stereocenters. The van der Waals surface area contributed by atoms with E-state index in [9.17, 15) is 4.79 Å². The molecule has 6 heteroatoms. The second kappa shape index (κ2) is 7.20. The van der Waals surface area contributed by atoms with Gasteiger partial charge in [-0.1, -0.05) is 42.1 Å². The summed E-state index contributed by atoms with van der Waals surface area (Å²) in [5, 5.41) is 9.79. The molecule has 0 aliphatic heterocycles. The van der Waals surface area contributed by atoms with Gasteiger partial charge in [-0.2, -0.15) is 5.26 Å². The van der Waals surface area contributed by atoms with E-state index in [4.69, 9.17) is 5.26 Å². The number of hydrogen-bond acceptors (Lipinski definition) is 4. The first-order valence-electron chi connectivity index (χ1n) is 7.47. The molecule has 120 valence electrons. The van der Waals surface area contributed by atoms with Gasteiger partial charge in [0.05, 0.1) is 22.9 Å². The lowest BCUT2D eigenvalue weighted by Crippen LogP contribution is -2.32. The van der Waals surface area contributed by atoms with Crippen molar-refractivity contribution in [3.05, 3.63) is 54.6 Å². The van der Waals surface area contributed by atoms with Gasteiger partial charge in [0.2, 0.25) is 5.91 Å². The Bertz CT molecular complexity index is 898. The molecule has 1 aromatic heterocycles. The van der Waals surface area contributed by atoms with Gasteiger partial charge in [0.25, 0.3) is 0 Å². The summed E-state index contributed by atoms with van der Waals surface area (Å²) in [6, 6.07) is 19.2. The van der Waals surface area contributed by atoms with Crippen LogP contribution in [0.3, 0.4) is 0 Å². The van der Waals surface area contributed by atoms with Crippen LogP contribution < -0.4 is 4.90 Å². The van der Waals surface area contributed by atoms with Crippen LogP contribution >= 0.6 is 11.8 Å². The monoisotopic (exact) mass is 336 g/mol. The summed E-state index contributed by atoms with van der Waals surface area (Å²) in [5.74, 6) is 0.119. The number of nitrogens with zero attached hydrogens (tertiary/aromatic N) is 4. The van der Waals surface area contributed by atoms with Crippen molar-refractivity contribution in [1.29, 1.82) is 5.26 Å². The van der Waals surface area contributed by atoms with Crippen molar-refractivity contribution in [2.75, 3.05) is 17.2 Å². The lowest BCUT2D eigenvalue weighted by Gasteiger charge is -2.19. The average molecular weight is 336 g/mol. The summed E-state index contributed by atoms with van der Waals surface area (Å²) >= 11 is 1.38. The smallest absolute Gasteiger partial charge is 0.238 e. The Morgan fingerprint density at radius 2 is 1.92 bits per heavy atom. The molecule has 0 radical (unpaired) electrons. The second-order valence-electron chi connectivity index (χ2n) is 5.20. The van der Waals surface area contributed by atoms with Crippen LogP contribution in [-0.4, -0.2) is 27.8 Å². The van der Waals surface area contributed by atoms with Gasteiger partial charge >= 0.3 is 0 Å². The van der Waals surface area contributed by atoms with E-state index in [0.29, 0.717) is 0 Å². The van der Waals surface area contributed by atoms with E-state index in [1.54, 1.807) is 0 Å². The highest BCUT2D eigenvalue weighted by Gasteiger charge is 2.17. The Balaban J connectivity index is 1.75. The van der Waals surface area contributed by atoms with Gasteiger partial charge in [0.1, 0.15) is 6.54 Å². The summed E-state index contributed by atoms with van der Waals surface area (Å²) in [7, 11) is 1.94. The summed E-state index contributed by atoms with van der Waals surface area (Å²) in [4.78, 5) is 18.6. The van der Waals surface area contributed by atoms with Crippen LogP contribution in [0, 0.1) is 11.3 Å². The van der Waals surface area contributed by atoms with Gasteiger partial charge in [-0.05, 0) is 24.3 Å². The van der Waals surface area contributed by atoms with Crippen LogP contribution in [0.1, 0.15) is 0 Å². The summed E-state index contributed by atoms with van der Waals surface area (Å²) in [6.07, 6.45) is 0. The maximum absolute atomic E-state index is 12.6. The Hall–Kier alpha value is -2.78. The number of rotatable bonds is 5.